The number of benzene rings is 2. The average Bonchev–Trinajstić information content (AvgIpc) is 2.93. The highest BCUT2D eigenvalue weighted by Gasteiger charge is 2.41. The maximum absolute atomic E-state index is 12.8. The molecule has 0 fully saturated rings. The minimum atomic E-state index is -4.18. The summed E-state index contributed by atoms with van der Waals surface area (Å²) in [5.41, 5.74) is 3.83. The number of hydrogen-bond donors (Lipinski definition) is 4. The first-order valence-corrected chi connectivity index (χ1v) is 13.9. The van der Waals surface area contributed by atoms with Crippen molar-refractivity contribution >= 4 is 39.3 Å². The van der Waals surface area contributed by atoms with Crippen LogP contribution in [0.4, 0.5) is 10.5 Å². The molecule has 0 spiro atoms. The molecule has 4 N–H and O–H groups in total. The highest BCUT2D eigenvalue weighted by Crippen LogP contribution is 2.31. The van der Waals surface area contributed by atoms with Crippen LogP contribution < -0.4 is 15.4 Å². The Kier molecular flexibility index (Phi) is 8.80. The fraction of sp³-hybridized carbons (Fsp3) is 0.179. The number of anilines is 1. The van der Waals surface area contributed by atoms with Crippen LogP contribution in [0.1, 0.15) is 17.5 Å². The normalized spacial score (nSPS) is 17.4. The van der Waals surface area contributed by atoms with Crippen molar-refractivity contribution in [2.24, 2.45) is 0 Å². The van der Waals surface area contributed by atoms with Gasteiger partial charge in [0.05, 0.1) is 0 Å². The number of carboxylic acid groups (broad SMARTS) is 1. The number of alkyl halides is 1. The second-order valence-electron chi connectivity index (χ2n) is 8.93. The summed E-state index contributed by atoms with van der Waals surface area (Å²) >= 11 is 6.28. The zero-order valence-electron chi connectivity index (χ0n) is 20.7. The third-order valence-corrected chi connectivity index (χ3v) is 8.76. The van der Waals surface area contributed by atoms with E-state index >= 15 is 0 Å². The molecule has 0 radical (unpaired) electrons. The number of rotatable bonds is 10. The molecule has 2 atom stereocenters. The Hall–Kier alpha value is -3.99. The van der Waals surface area contributed by atoms with Gasteiger partial charge in [-0.3, -0.25) is 9.78 Å². The SMILES string of the molecule is O=C(NCc1ccncc1)Nc1cccc(-c2ccc(C[C@@H](NS(=O)(=O)[C@@]3(Cl)C=CC=CC3)C(=O)O)cc2)c1. The van der Waals surface area contributed by atoms with Crippen LogP contribution >= 0.6 is 11.6 Å². The first-order chi connectivity index (χ1) is 18.6. The summed E-state index contributed by atoms with van der Waals surface area (Å²) in [6.45, 7) is 0.364. The molecule has 0 saturated heterocycles. The fourth-order valence-electron chi connectivity index (χ4n) is 3.94. The standard InChI is InChI=1S/C28H27ClN4O5S/c29-28(13-2-1-3-14-28)39(37,38)33-25(26(34)35)17-20-7-9-22(10-8-20)23-5-4-6-24(18-23)32-27(36)31-19-21-11-15-30-16-12-21/h1-13,15-16,18,25,33H,14,17,19H2,(H,34,35)(H2,31,32,36)/t25-,28+/m1/s1. The van der Waals surface area contributed by atoms with Crippen molar-refractivity contribution in [3.8, 4) is 11.1 Å². The first kappa shape index (κ1) is 28.0. The fourth-order valence-corrected chi connectivity index (χ4v) is 5.57. The van der Waals surface area contributed by atoms with Crippen molar-refractivity contribution in [2.75, 3.05) is 5.32 Å². The van der Waals surface area contributed by atoms with Crippen molar-refractivity contribution in [2.45, 2.75) is 29.6 Å². The van der Waals surface area contributed by atoms with Crippen LogP contribution in [-0.2, 0) is 27.8 Å². The van der Waals surface area contributed by atoms with E-state index in [-0.39, 0.29) is 18.9 Å². The lowest BCUT2D eigenvalue weighted by Gasteiger charge is -2.26. The van der Waals surface area contributed by atoms with Gasteiger partial charge in [0.15, 0.2) is 4.21 Å². The van der Waals surface area contributed by atoms with E-state index in [2.05, 4.69) is 20.3 Å². The third kappa shape index (κ3) is 7.32. The molecule has 9 nitrogen and oxygen atoms in total. The predicted octanol–water partition coefficient (Wildman–Crippen LogP) is 4.44. The number of carbonyl (C=O) groups is 2. The molecule has 3 aromatic rings. The molecule has 2 aromatic carbocycles. The van der Waals surface area contributed by atoms with E-state index in [0.29, 0.717) is 17.8 Å². The van der Waals surface area contributed by atoms with Crippen LogP contribution in [0.25, 0.3) is 11.1 Å². The van der Waals surface area contributed by atoms with Gasteiger partial charge in [-0.25, -0.2) is 13.2 Å². The van der Waals surface area contributed by atoms with E-state index in [9.17, 15) is 23.1 Å². The molecule has 39 heavy (non-hydrogen) atoms. The van der Waals surface area contributed by atoms with E-state index in [1.54, 1.807) is 42.7 Å². The number of nitrogens with zero attached hydrogens (tertiary/aromatic N) is 1. The number of allylic oxidation sites excluding steroid dienone is 3. The van der Waals surface area contributed by atoms with Gasteiger partial charge in [0.2, 0.25) is 10.0 Å². The quantitative estimate of drug-likeness (QED) is 0.268. The number of sulfonamides is 1. The molecule has 1 aliphatic carbocycles. The van der Waals surface area contributed by atoms with Gasteiger partial charge in [0.1, 0.15) is 6.04 Å². The second-order valence-corrected chi connectivity index (χ2v) is 11.8. The van der Waals surface area contributed by atoms with Crippen molar-refractivity contribution in [3.63, 3.8) is 0 Å². The van der Waals surface area contributed by atoms with E-state index in [0.717, 1.165) is 16.7 Å². The van der Waals surface area contributed by atoms with Crippen LogP contribution in [0.15, 0.2) is 97.4 Å². The zero-order valence-corrected chi connectivity index (χ0v) is 22.3. The smallest absolute Gasteiger partial charge is 0.322 e. The number of urea groups is 1. The Labute approximate surface area is 231 Å². The van der Waals surface area contributed by atoms with Crippen LogP contribution in [0.5, 0.6) is 0 Å². The largest absolute Gasteiger partial charge is 0.480 e. The molecule has 4 rings (SSSR count). The summed E-state index contributed by atoms with van der Waals surface area (Å²) in [7, 11) is -4.18. The van der Waals surface area contributed by atoms with Gasteiger partial charge in [-0.15, -0.1) is 0 Å². The number of nitrogens with one attached hydrogen (secondary N) is 3. The van der Waals surface area contributed by atoms with E-state index in [1.165, 1.54) is 12.2 Å². The number of carbonyl (C=O) groups excluding carboxylic acids is 1. The van der Waals surface area contributed by atoms with Crippen LogP contribution in [0, 0.1) is 0 Å². The molecule has 0 bridgehead atoms. The predicted molar refractivity (Wildman–Crippen MR) is 151 cm³/mol. The second kappa shape index (κ2) is 12.2. The summed E-state index contributed by atoms with van der Waals surface area (Å²) in [5.74, 6) is -1.31. The molecule has 0 unspecified atom stereocenters. The molecular formula is C28H27ClN4O5S. The Bertz CT molecular complexity index is 1490. The van der Waals surface area contributed by atoms with Crippen LogP contribution in [0.2, 0.25) is 0 Å². The van der Waals surface area contributed by atoms with Crippen molar-refractivity contribution in [3.05, 3.63) is 108 Å². The highest BCUT2D eigenvalue weighted by atomic mass is 35.5. The average molecular weight is 567 g/mol. The molecular weight excluding hydrogens is 540 g/mol. The summed E-state index contributed by atoms with van der Waals surface area (Å²) in [6, 6.07) is 16.3. The first-order valence-electron chi connectivity index (χ1n) is 12.1. The van der Waals surface area contributed by atoms with Gasteiger partial charge < -0.3 is 15.7 Å². The van der Waals surface area contributed by atoms with Crippen LogP contribution in [-0.4, -0.2) is 40.8 Å². The lowest BCUT2D eigenvalue weighted by Crippen LogP contribution is -2.49. The summed E-state index contributed by atoms with van der Waals surface area (Å²) < 4.78 is 26.2. The third-order valence-electron chi connectivity index (χ3n) is 6.08. The molecule has 2 amide bonds. The molecule has 1 aliphatic rings. The number of aliphatic carboxylic acids is 1. The summed E-state index contributed by atoms with van der Waals surface area (Å²) in [5, 5.41) is 15.3. The van der Waals surface area contributed by atoms with E-state index in [4.69, 9.17) is 11.6 Å². The maximum atomic E-state index is 12.8. The van der Waals surface area contributed by atoms with Gasteiger partial charge in [0, 0.05) is 31.0 Å². The topological polar surface area (TPSA) is 137 Å². The van der Waals surface area contributed by atoms with Gasteiger partial charge in [-0.05, 0) is 59.0 Å². The molecule has 1 aromatic heterocycles. The molecule has 0 saturated carbocycles. The number of amides is 2. The van der Waals surface area contributed by atoms with Crippen molar-refractivity contribution in [1.82, 2.24) is 15.0 Å². The van der Waals surface area contributed by atoms with Crippen molar-refractivity contribution < 1.29 is 23.1 Å². The Morgan fingerprint density at radius 3 is 2.41 bits per heavy atom. The number of hydrogen-bond acceptors (Lipinski definition) is 5. The lowest BCUT2D eigenvalue weighted by atomic mass is 10.0. The van der Waals surface area contributed by atoms with Gasteiger partial charge in [-0.1, -0.05) is 66.2 Å². The molecule has 202 valence electrons. The number of carboxylic acids is 1. The zero-order chi connectivity index (χ0) is 27.9. The molecule has 0 aliphatic heterocycles. The molecule has 1 heterocycles. The number of halogens is 1. The Balaban J connectivity index is 1.39. The monoisotopic (exact) mass is 566 g/mol. The highest BCUT2D eigenvalue weighted by molar-refractivity contribution is 7.92. The van der Waals surface area contributed by atoms with Crippen LogP contribution in [0.3, 0.4) is 0 Å². The van der Waals surface area contributed by atoms with Gasteiger partial charge >= 0.3 is 12.0 Å². The summed E-state index contributed by atoms with van der Waals surface area (Å²) in [4.78, 5) is 28.1. The number of pyridine rings is 1. The maximum Gasteiger partial charge on any atom is 0.322 e. The van der Waals surface area contributed by atoms with Gasteiger partial charge in [0.25, 0.3) is 0 Å². The van der Waals surface area contributed by atoms with Crippen molar-refractivity contribution in [1.29, 1.82) is 0 Å². The van der Waals surface area contributed by atoms with E-state index < -0.39 is 26.2 Å². The minimum Gasteiger partial charge on any atom is -0.480 e. The molecule has 11 heteroatoms. The number of aromatic nitrogens is 1. The Morgan fingerprint density at radius 1 is 1.00 bits per heavy atom. The van der Waals surface area contributed by atoms with E-state index in [1.807, 2.05) is 42.5 Å². The minimum absolute atomic E-state index is 0.0295. The Morgan fingerprint density at radius 2 is 1.74 bits per heavy atom. The van der Waals surface area contributed by atoms with Gasteiger partial charge in [-0.2, -0.15) is 4.72 Å². The summed E-state index contributed by atoms with van der Waals surface area (Å²) in [6.07, 6.45) is 9.42. The lowest BCUT2D eigenvalue weighted by molar-refractivity contribution is -0.138.